The minimum Gasteiger partial charge on any atom is -0.543 e. The van der Waals surface area contributed by atoms with Crippen molar-refractivity contribution in [3.05, 3.63) is 41.0 Å². The van der Waals surface area contributed by atoms with Gasteiger partial charge in [0.15, 0.2) is 0 Å². The Labute approximate surface area is 132 Å². The number of aromatic nitrogens is 2. The molecule has 0 saturated carbocycles. The van der Waals surface area contributed by atoms with E-state index in [1.54, 1.807) is 0 Å². The first-order chi connectivity index (χ1) is 10.5. The van der Waals surface area contributed by atoms with E-state index in [-0.39, 0.29) is 10.7 Å². The average molecular weight is 370 g/mol. The molecular formula is C11H5ClF3N2O5S-. The summed E-state index contributed by atoms with van der Waals surface area (Å²) >= 11 is 5.83. The number of aromatic carboxylic acids is 1. The van der Waals surface area contributed by atoms with E-state index in [0.29, 0.717) is 10.7 Å². The Bertz CT molecular complexity index is 863. The summed E-state index contributed by atoms with van der Waals surface area (Å²) in [6.07, 6.45) is 0. The van der Waals surface area contributed by atoms with Crippen molar-refractivity contribution in [1.82, 2.24) is 9.78 Å². The number of carboxylic acids is 1. The van der Waals surface area contributed by atoms with E-state index in [0.717, 1.165) is 0 Å². The minimum atomic E-state index is -6.02. The summed E-state index contributed by atoms with van der Waals surface area (Å²) < 4.78 is 63.8. The molecule has 0 N–H and O–H groups in total. The zero-order chi connectivity index (χ0) is 17.4. The SMILES string of the molecule is O=C([O-])c1cc(OS(=O)(=O)C(F)(F)F)n(-c2ccccc2Cl)n1. The van der Waals surface area contributed by atoms with Gasteiger partial charge < -0.3 is 14.1 Å². The van der Waals surface area contributed by atoms with Crippen LogP contribution in [0, 0.1) is 0 Å². The van der Waals surface area contributed by atoms with Crippen molar-refractivity contribution < 1.29 is 35.7 Å². The second kappa shape index (κ2) is 5.74. The maximum atomic E-state index is 12.4. The van der Waals surface area contributed by atoms with Crippen molar-refractivity contribution >= 4 is 27.7 Å². The molecular weight excluding hydrogens is 365 g/mol. The Kier molecular flexibility index (Phi) is 4.26. The lowest BCUT2D eigenvalue weighted by molar-refractivity contribution is -0.255. The van der Waals surface area contributed by atoms with Crippen LogP contribution in [0.4, 0.5) is 13.2 Å². The molecule has 0 unspecified atom stereocenters. The highest BCUT2D eigenvalue weighted by Crippen LogP contribution is 2.30. The van der Waals surface area contributed by atoms with Gasteiger partial charge in [0.25, 0.3) is 0 Å². The third kappa shape index (κ3) is 3.40. The number of benzene rings is 1. The molecule has 1 aromatic carbocycles. The Morgan fingerprint density at radius 2 is 1.91 bits per heavy atom. The molecule has 2 aromatic rings. The second-order valence-electron chi connectivity index (χ2n) is 4.00. The molecule has 0 spiro atoms. The molecule has 2 rings (SSSR count). The molecule has 0 radical (unpaired) electrons. The van der Waals surface area contributed by atoms with E-state index in [2.05, 4.69) is 9.28 Å². The van der Waals surface area contributed by atoms with E-state index in [1.807, 2.05) is 0 Å². The van der Waals surface area contributed by atoms with Crippen LogP contribution < -0.4 is 9.29 Å². The predicted molar refractivity (Wildman–Crippen MR) is 68.5 cm³/mol. The molecule has 1 aromatic heterocycles. The zero-order valence-corrected chi connectivity index (χ0v) is 12.3. The summed E-state index contributed by atoms with van der Waals surface area (Å²) in [4.78, 5) is 10.8. The highest BCUT2D eigenvalue weighted by Gasteiger charge is 2.49. The van der Waals surface area contributed by atoms with Gasteiger partial charge in [0, 0.05) is 6.07 Å². The molecule has 0 saturated heterocycles. The van der Waals surface area contributed by atoms with Crippen molar-refractivity contribution in [2.24, 2.45) is 0 Å². The number of halogens is 4. The molecule has 0 atom stereocenters. The molecule has 124 valence electrons. The van der Waals surface area contributed by atoms with E-state index in [9.17, 15) is 31.5 Å². The van der Waals surface area contributed by atoms with Gasteiger partial charge in [0.1, 0.15) is 5.69 Å². The fourth-order valence-corrected chi connectivity index (χ4v) is 2.13. The lowest BCUT2D eigenvalue weighted by Gasteiger charge is -2.11. The van der Waals surface area contributed by atoms with E-state index >= 15 is 0 Å². The summed E-state index contributed by atoms with van der Waals surface area (Å²) in [5.41, 5.74) is -6.63. The van der Waals surface area contributed by atoms with Gasteiger partial charge in [0.2, 0.25) is 5.88 Å². The summed E-state index contributed by atoms with van der Waals surface area (Å²) in [5, 5.41) is 14.2. The van der Waals surface area contributed by atoms with Crippen molar-refractivity contribution in [3.63, 3.8) is 0 Å². The smallest absolute Gasteiger partial charge is 0.534 e. The Balaban J connectivity index is 2.60. The van der Waals surface area contributed by atoms with E-state index < -0.39 is 33.2 Å². The Morgan fingerprint density at radius 1 is 1.30 bits per heavy atom. The summed E-state index contributed by atoms with van der Waals surface area (Å²) in [6.45, 7) is 0. The number of hydrogen-bond donors (Lipinski definition) is 0. The maximum Gasteiger partial charge on any atom is 0.534 e. The van der Waals surface area contributed by atoms with Crippen LogP contribution in [-0.4, -0.2) is 29.7 Å². The van der Waals surface area contributed by atoms with E-state index in [1.165, 1.54) is 24.3 Å². The van der Waals surface area contributed by atoms with Gasteiger partial charge in [-0.05, 0) is 12.1 Å². The third-order valence-electron chi connectivity index (χ3n) is 2.45. The quantitative estimate of drug-likeness (QED) is 0.591. The molecule has 0 aliphatic rings. The van der Waals surface area contributed by atoms with Crippen molar-refractivity contribution in [1.29, 1.82) is 0 Å². The first-order valence-corrected chi connectivity index (χ1v) is 7.38. The third-order valence-corrected chi connectivity index (χ3v) is 3.72. The summed E-state index contributed by atoms with van der Waals surface area (Å²) in [7, 11) is -6.02. The highest BCUT2D eigenvalue weighted by molar-refractivity contribution is 7.87. The summed E-state index contributed by atoms with van der Waals surface area (Å²) in [5.74, 6) is -2.85. The predicted octanol–water partition coefficient (Wildman–Crippen LogP) is 1.12. The van der Waals surface area contributed by atoms with Crippen molar-refractivity contribution in [2.75, 3.05) is 0 Å². The zero-order valence-electron chi connectivity index (χ0n) is 10.7. The first-order valence-electron chi connectivity index (χ1n) is 5.60. The van der Waals surface area contributed by atoms with Crippen LogP contribution in [0.25, 0.3) is 5.69 Å². The largest absolute Gasteiger partial charge is 0.543 e. The van der Waals surface area contributed by atoms with Gasteiger partial charge in [-0.15, -0.1) is 0 Å². The molecule has 7 nitrogen and oxygen atoms in total. The summed E-state index contributed by atoms with van der Waals surface area (Å²) in [6, 6.07) is 5.98. The molecule has 0 aliphatic carbocycles. The normalized spacial score (nSPS) is 12.2. The highest BCUT2D eigenvalue weighted by atomic mass is 35.5. The van der Waals surface area contributed by atoms with Crippen LogP contribution in [0.15, 0.2) is 30.3 Å². The minimum absolute atomic E-state index is 0.0326. The van der Waals surface area contributed by atoms with Crippen LogP contribution >= 0.6 is 11.6 Å². The topological polar surface area (TPSA) is 101 Å². The van der Waals surface area contributed by atoms with Crippen LogP contribution in [0.3, 0.4) is 0 Å². The number of carbonyl (C=O) groups excluding carboxylic acids is 1. The molecule has 0 bridgehead atoms. The van der Waals surface area contributed by atoms with Crippen LogP contribution in [0.5, 0.6) is 5.88 Å². The van der Waals surface area contributed by atoms with Gasteiger partial charge in [-0.1, -0.05) is 23.7 Å². The number of hydrogen-bond acceptors (Lipinski definition) is 6. The lowest BCUT2D eigenvalue weighted by atomic mass is 10.3. The molecule has 12 heteroatoms. The first kappa shape index (κ1) is 17.1. The standard InChI is InChI=1S/C11H6ClF3N2O5S/c12-6-3-1-2-4-8(6)17-9(5-7(16-17)10(18)19)22-23(20,21)11(13,14)15/h1-5H,(H,18,19)/p-1. The van der Waals surface area contributed by atoms with Crippen LogP contribution in [-0.2, 0) is 10.1 Å². The van der Waals surface area contributed by atoms with Crippen molar-refractivity contribution in [3.8, 4) is 11.6 Å². The van der Waals surface area contributed by atoms with Gasteiger partial charge in [0.05, 0.1) is 16.7 Å². The Hall–Kier alpha value is -2.27. The molecule has 0 fully saturated rings. The number of para-hydroxylation sites is 1. The molecule has 23 heavy (non-hydrogen) atoms. The van der Waals surface area contributed by atoms with Crippen molar-refractivity contribution in [2.45, 2.75) is 5.51 Å². The van der Waals surface area contributed by atoms with Crippen LogP contribution in [0.1, 0.15) is 10.5 Å². The Morgan fingerprint density at radius 3 is 2.43 bits per heavy atom. The molecule has 0 amide bonds. The molecule has 0 aliphatic heterocycles. The number of carboxylic acid groups (broad SMARTS) is 1. The second-order valence-corrected chi connectivity index (χ2v) is 5.95. The van der Waals surface area contributed by atoms with Gasteiger partial charge >= 0.3 is 15.6 Å². The lowest BCUT2D eigenvalue weighted by Crippen LogP contribution is -2.28. The number of rotatable bonds is 4. The van der Waals surface area contributed by atoms with Gasteiger partial charge in [-0.3, -0.25) is 0 Å². The van der Waals surface area contributed by atoms with Gasteiger partial charge in [-0.2, -0.15) is 31.4 Å². The van der Waals surface area contributed by atoms with E-state index in [4.69, 9.17) is 11.6 Å². The maximum absolute atomic E-state index is 12.4. The number of alkyl halides is 3. The average Bonchev–Trinajstić information content (AvgIpc) is 2.81. The monoisotopic (exact) mass is 369 g/mol. The van der Waals surface area contributed by atoms with Crippen LogP contribution in [0.2, 0.25) is 5.02 Å². The number of nitrogens with zero attached hydrogens (tertiary/aromatic N) is 2. The van der Waals surface area contributed by atoms with Gasteiger partial charge in [-0.25, -0.2) is 0 Å². The fraction of sp³-hybridized carbons (Fsp3) is 0.0909. The molecule has 1 heterocycles. The number of carbonyl (C=O) groups is 1. The fourth-order valence-electron chi connectivity index (χ4n) is 1.48.